The third-order valence-corrected chi connectivity index (χ3v) is 5.51. The minimum Gasteiger partial charge on any atom is -0.353 e. The Kier molecular flexibility index (Phi) is 6.07. The third-order valence-electron chi connectivity index (χ3n) is 5.51. The van der Waals surface area contributed by atoms with E-state index in [9.17, 15) is 9.59 Å². The van der Waals surface area contributed by atoms with Crippen LogP contribution in [0.2, 0.25) is 0 Å². The van der Waals surface area contributed by atoms with Crippen LogP contribution in [0.5, 0.6) is 0 Å². The van der Waals surface area contributed by atoms with Gasteiger partial charge in [-0.05, 0) is 37.8 Å². The molecule has 7 nitrogen and oxygen atoms in total. The van der Waals surface area contributed by atoms with E-state index in [0.29, 0.717) is 18.9 Å². The molecule has 2 aliphatic heterocycles. The molecule has 3 rings (SSSR count). The second-order valence-electron chi connectivity index (χ2n) is 7.02. The molecule has 138 valence electrons. The average molecular weight is 347 g/mol. The van der Waals surface area contributed by atoms with Crippen LogP contribution in [-0.4, -0.2) is 70.2 Å². The van der Waals surface area contributed by atoms with Crippen molar-refractivity contribution in [1.82, 2.24) is 24.9 Å². The molecule has 2 amide bonds. The average Bonchev–Trinajstić information content (AvgIpc) is 3.15. The highest BCUT2D eigenvalue weighted by Gasteiger charge is 2.32. The van der Waals surface area contributed by atoms with Gasteiger partial charge in [0.1, 0.15) is 0 Å². The highest BCUT2D eigenvalue weighted by Crippen LogP contribution is 2.22. The summed E-state index contributed by atoms with van der Waals surface area (Å²) in [6.07, 6.45) is 7.30. The van der Waals surface area contributed by atoms with E-state index < -0.39 is 0 Å². The van der Waals surface area contributed by atoms with Crippen molar-refractivity contribution in [3.05, 3.63) is 18.5 Å². The minimum atomic E-state index is -0.302. The van der Waals surface area contributed by atoms with E-state index in [1.54, 1.807) is 0 Å². The standard InChI is InChI=1S/C18H29N5O2/c1-2-21-13-8-19-18(25)16(21)14-17(24)22-10-4-15(5-11-22)6-12-23-9-3-7-20-23/h3,7,9,15-16H,2,4-6,8,10-14H2,1H3,(H,19,25)/t16-/m0/s1. The van der Waals surface area contributed by atoms with E-state index in [-0.39, 0.29) is 17.9 Å². The van der Waals surface area contributed by atoms with E-state index in [1.165, 1.54) is 0 Å². The maximum absolute atomic E-state index is 12.6. The number of aryl methyl sites for hydroxylation is 1. The summed E-state index contributed by atoms with van der Waals surface area (Å²) in [5.74, 6) is 0.764. The predicted octanol–water partition coefficient (Wildman–Crippen LogP) is 0.722. The lowest BCUT2D eigenvalue weighted by Gasteiger charge is -2.36. The van der Waals surface area contributed by atoms with Crippen molar-refractivity contribution < 1.29 is 9.59 Å². The second kappa shape index (κ2) is 8.47. The fourth-order valence-electron chi connectivity index (χ4n) is 3.88. The number of hydrogen-bond donors (Lipinski definition) is 1. The van der Waals surface area contributed by atoms with Gasteiger partial charge in [-0.25, -0.2) is 0 Å². The number of piperazine rings is 1. The van der Waals surface area contributed by atoms with Crippen LogP contribution in [0, 0.1) is 5.92 Å². The monoisotopic (exact) mass is 347 g/mol. The topological polar surface area (TPSA) is 70.5 Å². The predicted molar refractivity (Wildman–Crippen MR) is 94.8 cm³/mol. The molecular weight excluding hydrogens is 318 g/mol. The molecule has 1 N–H and O–H groups in total. The van der Waals surface area contributed by atoms with Crippen LogP contribution in [0.15, 0.2) is 18.5 Å². The molecule has 0 bridgehead atoms. The van der Waals surface area contributed by atoms with Crippen molar-refractivity contribution in [1.29, 1.82) is 0 Å². The molecule has 25 heavy (non-hydrogen) atoms. The molecule has 1 atom stereocenters. The lowest BCUT2D eigenvalue weighted by molar-refractivity contribution is -0.139. The molecule has 0 spiro atoms. The van der Waals surface area contributed by atoms with Crippen LogP contribution in [0.25, 0.3) is 0 Å². The van der Waals surface area contributed by atoms with Crippen molar-refractivity contribution in [3.8, 4) is 0 Å². The maximum Gasteiger partial charge on any atom is 0.237 e. The lowest BCUT2D eigenvalue weighted by Crippen LogP contribution is -2.56. The summed E-state index contributed by atoms with van der Waals surface area (Å²) in [6, 6.07) is 1.64. The molecule has 2 aliphatic rings. The zero-order chi connectivity index (χ0) is 17.6. The summed E-state index contributed by atoms with van der Waals surface area (Å²) in [5, 5.41) is 7.12. The molecule has 2 saturated heterocycles. The van der Waals surface area contributed by atoms with E-state index in [1.807, 2.05) is 35.0 Å². The van der Waals surface area contributed by atoms with Crippen molar-refractivity contribution in [3.63, 3.8) is 0 Å². The van der Waals surface area contributed by atoms with Gasteiger partial charge in [0, 0.05) is 45.1 Å². The van der Waals surface area contributed by atoms with Crippen molar-refractivity contribution in [2.45, 2.75) is 45.2 Å². The van der Waals surface area contributed by atoms with Crippen LogP contribution >= 0.6 is 0 Å². The van der Waals surface area contributed by atoms with Gasteiger partial charge in [-0.1, -0.05) is 6.92 Å². The fourth-order valence-corrected chi connectivity index (χ4v) is 3.88. The Hall–Kier alpha value is -1.89. The Balaban J connectivity index is 1.44. The number of likely N-dealkylation sites (N-methyl/N-ethyl adjacent to an activating group) is 1. The lowest BCUT2D eigenvalue weighted by atomic mass is 9.93. The summed E-state index contributed by atoms with van der Waals surface area (Å²) in [5.41, 5.74) is 0. The van der Waals surface area contributed by atoms with Crippen LogP contribution in [0.4, 0.5) is 0 Å². The largest absolute Gasteiger partial charge is 0.353 e. The fraction of sp³-hybridized carbons (Fsp3) is 0.722. The summed E-state index contributed by atoms with van der Waals surface area (Å²) >= 11 is 0. The van der Waals surface area contributed by atoms with Crippen LogP contribution in [-0.2, 0) is 16.1 Å². The molecule has 0 radical (unpaired) electrons. The van der Waals surface area contributed by atoms with Gasteiger partial charge in [0.15, 0.2) is 0 Å². The van der Waals surface area contributed by atoms with Gasteiger partial charge in [-0.3, -0.25) is 19.2 Å². The van der Waals surface area contributed by atoms with Crippen LogP contribution < -0.4 is 5.32 Å². The number of nitrogens with zero attached hydrogens (tertiary/aromatic N) is 4. The number of hydrogen-bond acceptors (Lipinski definition) is 4. The molecule has 0 aromatic carbocycles. The van der Waals surface area contributed by atoms with Gasteiger partial charge in [-0.15, -0.1) is 0 Å². The molecule has 1 aromatic rings. The Morgan fingerprint density at radius 3 is 2.80 bits per heavy atom. The summed E-state index contributed by atoms with van der Waals surface area (Å²) in [6.45, 7) is 6.92. The number of carbonyl (C=O) groups excluding carboxylic acids is 2. The highest BCUT2D eigenvalue weighted by molar-refractivity contribution is 5.88. The SMILES string of the molecule is CCN1CCNC(=O)[C@@H]1CC(=O)N1CCC(CCn2cccn2)CC1. The first kappa shape index (κ1) is 17.9. The van der Waals surface area contributed by atoms with Crippen molar-refractivity contribution >= 4 is 11.8 Å². The molecule has 0 unspecified atom stereocenters. The highest BCUT2D eigenvalue weighted by atomic mass is 16.2. The zero-order valence-electron chi connectivity index (χ0n) is 15.1. The molecular formula is C18H29N5O2. The van der Waals surface area contributed by atoms with Gasteiger partial charge in [0.2, 0.25) is 11.8 Å². The number of nitrogens with one attached hydrogen (secondary N) is 1. The Morgan fingerprint density at radius 1 is 1.32 bits per heavy atom. The minimum absolute atomic E-state index is 0.00411. The molecule has 0 aliphatic carbocycles. The maximum atomic E-state index is 12.6. The van der Waals surface area contributed by atoms with Crippen molar-refractivity contribution in [2.75, 3.05) is 32.7 Å². The molecule has 0 saturated carbocycles. The normalized spacial score (nSPS) is 22.8. The number of rotatable bonds is 6. The number of amides is 2. The quantitative estimate of drug-likeness (QED) is 0.823. The molecule has 2 fully saturated rings. The van der Waals surface area contributed by atoms with Gasteiger partial charge >= 0.3 is 0 Å². The van der Waals surface area contributed by atoms with E-state index >= 15 is 0 Å². The van der Waals surface area contributed by atoms with Crippen LogP contribution in [0.3, 0.4) is 0 Å². The number of likely N-dealkylation sites (tertiary alicyclic amines) is 1. The second-order valence-corrected chi connectivity index (χ2v) is 7.02. The number of piperidine rings is 1. The van der Waals surface area contributed by atoms with Gasteiger partial charge in [0.05, 0.1) is 12.5 Å². The number of aromatic nitrogens is 2. The van der Waals surface area contributed by atoms with Gasteiger partial charge in [0.25, 0.3) is 0 Å². The summed E-state index contributed by atoms with van der Waals surface area (Å²) in [4.78, 5) is 28.8. The Morgan fingerprint density at radius 2 is 2.12 bits per heavy atom. The van der Waals surface area contributed by atoms with Gasteiger partial charge < -0.3 is 10.2 Å². The Labute approximate surface area is 149 Å². The van der Waals surface area contributed by atoms with E-state index in [0.717, 1.165) is 52.0 Å². The van der Waals surface area contributed by atoms with Crippen LogP contribution in [0.1, 0.15) is 32.6 Å². The first-order valence-corrected chi connectivity index (χ1v) is 9.44. The molecule has 7 heteroatoms. The van der Waals surface area contributed by atoms with E-state index in [2.05, 4.69) is 15.3 Å². The summed E-state index contributed by atoms with van der Waals surface area (Å²) in [7, 11) is 0. The zero-order valence-corrected chi connectivity index (χ0v) is 15.1. The van der Waals surface area contributed by atoms with E-state index in [4.69, 9.17) is 0 Å². The summed E-state index contributed by atoms with van der Waals surface area (Å²) < 4.78 is 1.97. The third kappa shape index (κ3) is 4.60. The molecule has 3 heterocycles. The Bertz CT molecular complexity index is 566. The number of carbonyl (C=O) groups is 2. The molecule has 1 aromatic heterocycles. The first-order valence-electron chi connectivity index (χ1n) is 9.44. The van der Waals surface area contributed by atoms with Gasteiger partial charge in [-0.2, -0.15) is 5.10 Å². The first-order chi connectivity index (χ1) is 12.2. The van der Waals surface area contributed by atoms with Crippen molar-refractivity contribution in [2.24, 2.45) is 5.92 Å². The smallest absolute Gasteiger partial charge is 0.237 e.